The zero-order chi connectivity index (χ0) is 16.7. The van der Waals surface area contributed by atoms with Gasteiger partial charge >= 0.3 is 5.97 Å². The van der Waals surface area contributed by atoms with Gasteiger partial charge in [0.15, 0.2) is 0 Å². The molecule has 0 spiro atoms. The number of hydrogen-bond acceptors (Lipinski definition) is 4. The molecule has 0 amide bonds. The summed E-state index contributed by atoms with van der Waals surface area (Å²) in [5.74, 6) is -0.0497. The van der Waals surface area contributed by atoms with E-state index in [2.05, 4.69) is 13.0 Å². The largest absolute Gasteiger partial charge is 0.458 e. The second-order valence-corrected chi connectivity index (χ2v) is 6.15. The lowest BCUT2D eigenvalue weighted by molar-refractivity contribution is -0.157. The van der Waals surface area contributed by atoms with Crippen LogP contribution in [0.3, 0.4) is 0 Å². The summed E-state index contributed by atoms with van der Waals surface area (Å²) in [5, 5.41) is 9.70. The number of cyclic esters (lactones) is 1. The van der Waals surface area contributed by atoms with Crippen LogP contribution in [0.5, 0.6) is 0 Å². The van der Waals surface area contributed by atoms with E-state index in [0.29, 0.717) is 19.6 Å². The molecule has 0 aliphatic carbocycles. The van der Waals surface area contributed by atoms with E-state index < -0.39 is 6.10 Å². The fourth-order valence-corrected chi connectivity index (χ4v) is 2.72. The Morgan fingerprint density at radius 3 is 2.83 bits per heavy atom. The first-order chi connectivity index (χ1) is 11.1. The Kier molecular flexibility index (Phi) is 6.81. The van der Waals surface area contributed by atoms with E-state index in [-0.39, 0.29) is 24.4 Å². The van der Waals surface area contributed by atoms with Crippen LogP contribution in [0.25, 0.3) is 0 Å². The van der Waals surface area contributed by atoms with Gasteiger partial charge in [0.25, 0.3) is 0 Å². The molecular weight excluding hydrogens is 292 g/mol. The van der Waals surface area contributed by atoms with E-state index in [1.807, 2.05) is 37.3 Å². The molecule has 1 aromatic carbocycles. The molecule has 4 nitrogen and oxygen atoms in total. The maximum Gasteiger partial charge on any atom is 0.309 e. The molecule has 1 fully saturated rings. The van der Waals surface area contributed by atoms with Crippen molar-refractivity contribution in [1.29, 1.82) is 0 Å². The molecule has 0 bridgehead atoms. The van der Waals surface area contributed by atoms with E-state index in [1.54, 1.807) is 0 Å². The highest BCUT2D eigenvalue weighted by molar-refractivity contribution is 5.71. The molecule has 1 N–H and O–H groups in total. The summed E-state index contributed by atoms with van der Waals surface area (Å²) in [5.41, 5.74) is 2.15. The van der Waals surface area contributed by atoms with Gasteiger partial charge in [-0.25, -0.2) is 0 Å². The number of hydrogen-bond donors (Lipinski definition) is 1. The molecule has 126 valence electrons. The highest BCUT2D eigenvalue weighted by atomic mass is 16.5. The monoisotopic (exact) mass is 318 g/mol. The van der Waals surface area contributed by atoms with Crippen molar-refractivity contribution in [1.82, 2.24) is 0 Å². The standard InChI is InChI=1S/C19H26O4/c1-3-15(12-22-13-16-7-5-4-6-8-16)9-14(2)18-10-17(20)11-19(21)23-18/h4-9,15,17-18,20H,3,10-13H2,1-2H3/b14-9-/t15-,17-,18+/m0/s1. The van der Waals surface area contributed by atoms with Gasteiger partial charge in [-0.1, -0.05) is 43.3 Å². The number of aliphatic hydroxyl groups is 1. The zero-order valence-corrected chi connectivity index (χ0v) is 13.9. The van der Waals surface area contributed by atoms with Crippen molar-refractivity contribution < 1.29 is 19.4 Å². The molecule has 0 unspecified atom stereocenters. The van der Waals surface area contributed by atoms with Crippen molar-refractivity contribution in [3.05, 3.63) is 47.5 Å². The first kappa shape index (κ1) is 17.7. The van der Waals surface area contributed by atoms with Crippen LogP contribution in [0.4, 0.5) is 0 Å². The summed E-state index contributed by atoms with van der Waals surface area (Å²) in [6, 6.07) is 10.1. The van der Waals surface area contributed by atoms with Crippen LogP contribution in [0.15, 0.2) is 42.0 Å². The Morgan fingerprint density at radius 2 is 2.17 bits per heavy atom. The molecule has 0 radical (unpaired) electrons. The molecule has 1 saturated heterocycles. The predicted molar refractivity (Wildman–Crippen MR) is 88.8 cm³/mol. The van der Waals surface area contributed by atoms with Gasteiger partial charge in [-0.15, -0.1) is 0 Å². The molecule has 4 heteroatoms. The maximum absolute atomic E-state index is 11.4. The fourth-order valence-electron chi connectivity index (χ4n) is 2.72. The van der Waals surface area contributed by atoms with Gasteiger partial charge in [0.2, 0.25) is 0 Å². The third-order valence-electron chi connectivity index (χ3n) is 4.14. The van der Waals surface area contributed by atoms with E-state index >= 15 is 0 Å². The lowest BCUT2D eigenvalue weighted by atomic mass is 9.96. The molecule has 3 atom stereocenters. The third-order valence-corrected chi connectivity index (χ3v) is 4.14. The van der Waals surface area contributed by atoms with Gasteiger partial charge in [0.1, 0.15) is 6.10 Å². The number of carbonyl (C=O) groups excluding carboxylic acids is 1. The van der Waals surface area contributed by atoms with E-state index in [9.17, 15) is 9.90 Å². The minimum Gasteiger partial charge on any atom is -0.458 e. The molecular formula is C19H26O4. The first-order valence-corrected chi connectivity index (χ1v) is 8.26. The SMILES string of the molecule is CC[C@@H](/C=C(/C)[C@H]1C[C@H](O)CC(=O)O1)COCc1ccccc1. The van der Waals surface area contributed by atoms with Crippen molar-refractivity contribution >= 4 is 5.97 Å². The minimum atomic E-state index is -0.598. The summed E-state index contributed by atoms with van der Waals surface area (Å²) in [4.78, 5) is 11.4. The zero-order valence-electron chi connectivity index (χ0n) is 13.9. The number of carbonyl (C=O) groups is 1. The summed E-state index contributed by atoms with van der Waals surface area (Å²) in [6.07, 6.45) is 2.74. The van der Waals surface area contributed by atoms with Gasteiger partial charge in [-0.05, 0) is 24.5 Å². The van der Waals surface area contributed by atoms with Crippen molar-refractivity contribution in [2.75, 3.05) is 6.61 Å². The lowest BCUT2D eigenvalue weighted by Gasteiger charge is -2.27. The third kappa shape index (κ3) is 5.81. The number of aliphatic hydroxyl groups excluding tert-OH is 1. The average Bonchev–Trinajstić information content (AvgIpc) is 2.54. The summed E-state index contributed by atoms with van der Waals surface area (Å²) >= 11 is 0. The van der Waals surface area contributed by atoms with E-state index in [0.717, 1.165) is 17.6 Å². The number of ether oxygens (including phenoxy) is 2. The number of rotatable bonds is 7. The van der Waals surface area contributed by atoms with Crippen molar-refractivity contribution in [3.8, 4) is 0 Å². The van der Waals surface area contributed by atoms with Gasteiger partial charge in [-0.3, -0.25) is 4.79 Å². The van der Waals surface area contributed by atoms with Crippen molar-refractivity contribution in [2.24, 2.45) is 5.92 Å². The van der Waals surface area contributed by atoms with Gasteiger partial charge in [0, 0.05) is 12.3 Å². The minimum absolute atomic E-state index is 0.0984. The summed E-state index contributed by atoms with van der Waals surface area (Å²) in [7, 11) is 0. The van der Waals surface area contributed by atoms with E-state index in [4.69, 9.17) is 9.47 Å². The molecule has 2 rings (SSSR count). The highest BCUT2D eigenvalue weighted by Crippen LogP contribution is 2.23. The average molecular weight is 318 g/mol. The molecule has 1 aromatic rings. The maximum atomic E-state index is 11.4. The molecule has 0 aromatic heterocycles. The van der Waals surface area contributed by atoms with Gasteiger partial charge < -0.3 is 14.6 Å². The topological polar surface area (TPSA) is 55.8 Å². The van der Waals surface area contributed by atoms with Gasteiger partial charge in [-0.2, -0.15) is 0 Å². The van der Waals surface area contributed by atoms with Crippen molar-refractivity contribution in [2.45, 2.75) is 51.9 Å². The second kappa shape index (κ2) is 8.85. The molecule has 1 aliphatic heterocycles. The fraction of sp³-hybridized carbons (Fsp3) is 0.526. The smallest absolute Gasteiger partial charge is 0.309 e. The Hall–Kier alpha value is -1.65. The van der Waals surface area contributed by atoms with E-state index in [1.165, 1.54) is 0 Å². The van der Waals surface area contributed by atoms with Crippen LogP contribution in [0.2, 0.25) is 0 Å². The summed E-state index contributed by atoms with van der Waals surface area (Å²) < 4.78 is 11.1. The molecule has 1 heterocycles. The Bertz CT molecular complexity index is 523. The molecule has 1 aliphatic rings. The molecule has 0 saturated carbocycles. The quantitative estimate of drug-likeness (QED) is 0.619. The first-order valence-electron chi connectivity index (χ1n) is 8.26. The number of esters is 1. The number of benzene rings is 1. The van der Waals surface area contributed by atoms with Crippen LogP contribution in [-0.2, 0) is 20.9 Å². The normalized spacial score (nSPS) is 23.4. The van der Waals surface area contributed by atoms with Crippen LogP contribution in [0.1, 0.15) is 38.7 Å². The van der Waals surface area contributed by atoms with Crippen LogP contribution < -0.4 is 0 Å². The second-order valence-electron chi connectivity index (χ2n) is 6.15. The predicted octanol–water partition coefficient (Wildman–Crippen LogP) is 3.24. The molecule has 23 heavy (non-hydrogen) atoms. The highest BCUT2D eigenvalue weighted by Gasteiger charge is 2.28. The van der Waals surface area contributed by atoms with Crippen LogP contribution in [0, 0.1) is 5.92 Å². The lowest BCUT2D eigenvalue weighted by Crippen LogP contribution is -2.33. The Balaban J connectivity index is 1.85. The van der Waals surface area contributed by atoms with Crippen molar-refractivity contribution in [3.63, 3.8) is 0 Å². The van der Waals surface area contributed by atoms with Crippen LogP contribution in [-0.4, -0.2) is 29.9 Å². The summed E-state index contributed by atoms with van der Waals surface area (Å²) in [6.45, 7) is 5.30. The Labute approximate surface area is 138 Å². The van der Waals surface area contributed by atoms with Crippen LogP contribution >= 0.6 is 0 Å². The van der Waals surface area contributed by atoms with Gasteiger partial charge in [0.05, 0.1) is 25.7 Å². The Morgan fingerprint density at radius 1 is 1.43 bits per heavy atom.